The lowest BCUT2D eigenvalue weighted by Crippen LogP contribution is -2.17. The number of aromatic nitrogens is 4. The Balaban J connectivity index is 1.88. The van der Waals surface area contributed by atoms with Gasteiger partial charge in [-0.1, -0.05) is 26.7 Å². The molecule has 0 saturated heterocycles. The minimum Gasteiger partial charge on any atom is -0.393 e. The maximum atomic E-state index is 9.79. The number of hydrogen-bond donors (Lipinski definition) is 3. The molecule has 1 aliphatic rings. The van der Waals surface area contributed by atoms with Crippen LogP contribution in [0.2, 0.25) is 0 Å². The minimum atomic E-state index is -0.223. The third-order valence-corrected chi connectivity index (χ3v) is 5.16. The molecule has 1 saturated carbocycles. The third-order valence-electron chi connectivity index (χ3n) is 5.16. The summed E-state index contributed by atoms with van der Waals surface area (Å²) in [5.74, 6) is 1.99. The fourth-order valence-corrected chi connectivity index (χ4v) is 3.29. The molecule has 8 heteroatoms. The second-order valence-corrected chi connectivity index (χ2v) is 7.69. The van der Waals surface area contributed by atoms with E-state index in [0.29, 0.717) is 11.8 Å². The Morgan fingerprint density at radius 3 is 2.50 bits per heavy atom. The first-order valence-corrected chi connectivity index (χ1v) is 11.1. The van der Waals surface area contributed by atoms with Gasteiger partial charge in [-0.05, 0) is 38.5 Å². The average Bonchev–Trinajstić information content (AvgIpc) is 2.76. The summed E-state index contributed by atoms with van der Waals surface area (Å²) < 4.78 is 0. The van der Waals surface area contributed by atoms with Gasteiger partial charge in [0, 0.05) is 31.1 Å². The molecule has 8 nitrogen and oxygen atoms in total. The van der Waals surface area contributed by atoms with Gasteiger partial charge in [0.15, 0.2) is 5.82 Å². The Bertz CT molecular complexity index is 830. The van der Waals surface area contributed by atoms with Gasteiger partial charge in [0.2, 0.25) is 5.95 Å². The standard InChI is InChI=1S/C22H33N7O/c1-3-5-11-23-20-13-19(26-15-27-20)18-14-25-22(24-12-6-4-2)29-21(18)28-16-7-9-17(30)10-8-16/h13-15,17,30H,3-12H2,1-2H3,(H,23,26,27)(H,24,25,29). The smallest absolute Gasteiger partial charge is 0.224 e. The maximum Gasteiger partial charge on any atom is 0.224 e. The van der Waals surface area contributed by atoms with E-state index in [1.165, 1.54) is 0 Å². The highest BCUT2D eigenvalue weighted by atomic mass is 16.3. The third kappa shape index (κ3) is 6.45. The van der Waals surface area contributed by atoms with Crippen molar-refractivity contribution in [3.63, 3.8) is 0 Å². The Morgan fingerprint density at radius 1 is 1.03 bits per heavy atom. The molecule has 0 unspecified atom stereocenters. The molecule has 1 aliphatic carbocycles. The van der Waals surface area contributed by atoms with Gasteiger partial charge in [-0.25, -0.2) is 19.9 Å². The quantitative estimate of drug-likeness (QED) is 0.498. The second-order valence-electron chi connectivity index (χ2n) is 7.69. The van der Waals surface area contributed by atoms with Crippen LogP contribution in [0.25, 0.3) is 11.3 Å². The minimum absolute atomic E-state index is 0.223. The van der Waals surface area contributed by atoms with Crippen molar-refractivity contribution >= 4 is 23.3 Å². The lowest BCUT2D eigenvalue weighted by Gasteiger charge is -2.18. The van der Waals surface area contributed by atoms with E-state index < -0.39 is 0 Å². The van der Waals surface area contributed by atoms with Crippen LogP contribution in [0.4, 0.5) is 17.6 Å². The Labute approximate surface area is 178 Å². The zero-order chi connectivity index (χ0) is 21.2. The van der Waals surface area contributed by atoms with Crippen molar-refractivity contribution in [3.8, 4) is 11.3 Å². The van der Waals surface area contributed by atoms with Crippen molar-refractivity contribution in [3.05, 3.63) is 18.6 Å². The molecule has 2 aromatic heterocycles. The fraction of sp³-hybridized carbons (Fsp3) is 0.591. The largest absolute Gasteiger partial charge is 0.393 e. The zero-order valence-corrected chi connectivity index (χ0v) is 18.1. The molecule has 0 radical (unpaired) electrons. The Morgan fingerprint density at radius 2 is 1.77 bits per heavy atom. The van der Waals surface area contributed by atoms with Crippen molar-refractivity contribution in [2.75, 3.05) is 23.7 Å². The van der Waals surface area contributed by atoms with Gasteiger partial charge in [-0.3, -0.25) is 0 Å². The van der Waals surface area contributed by atoms with Gasteiger partial charge >= 0.3 is 0 Å². The number of nitrogens with one attached hydrogen (secondary N) is 2. The first-order valence-electron chi connectivity index (χ1n) is 11.1. The van der Waals surface area contributed by atoms with Crippen LogP contribution in [-0.4, -0.2) is 49.9 Å². The van der Waals surface area contributed by atoms with Crippen LogP contribution in [0, 0.1) is 0 Å². The molecule has 30 heavy (non-hydrogen) atoms. The fourth-order valence-electron chi connectivity index (χ4n) is 3.29. The summed E-state index contributed by atoms with van der Waals surface area (Å²) in [6, 6.07) is 1.92. The number of aliphatic hydroxyl groups is 1. The molecule has 0 spiro atoms. The Hall–Kier alpha value is -2.61. The van der Waals surface area contributed by atoms with Crippen LogP contribution in [0.5, 0.6) is 0 Å². The topological polar surface area (TPSA) is 108 Å². The first-order chi connectivity index (χ1) is 14.7. The summed E-state index contributed by atoms with van der Waals surface area (Å²) in [4.78, 5) is 22.8. The number of unbranched alkanes of at least 4 members (excludes halogenated alkanes) is 2. The molecular weight excluding hydrogens is 378 g/mol. The molecule has 0 atom stereocenters. The van der Waals surface area contributed by atoms with Crippen molar-refractivity contribution in [2.24, 2.45) is 4.99 Å². The van der Waals surface area contributed by atoms with E-state index in [0.717, 1.165) is 87.2 Å². The van der Waals surface area contributed by atoms with Gasteiger partial charge in [0.05, 0.1) is 17.4 Å². The predicted octanol–water partition coefficient (Wildman–Crippen LogP) is 4.37. The molecule has 0 aromatic carbocycles. The zero-order valence-electron chi connectivity index (χ0n) is 18.1. The van der Waals surface area contributed by atoms with Crippen molar-refractivity contribution in [2.45, 2.75) is 71.3 Å². The summed E-state index contributed by atoms with van der Waals surface area (Å²) in [6.07, 6.45) is 10.6. The highest BCUT2D eigenvalue weighted by Crippen LogP contribution is 2.30. The molecule has 1 fully saturated rings. The lowest BCUT2D eigenvalue weighted by molar-refractivity contribution is 0.152. The summed E-state index contributed by atoms with van der Waals surface area (Å²) in [5.41, 5.74) is 2.60. The number of anilines is 2. The number of rotatable bonds is 10. The van der Waals surface area contributed by atoms with Crippen LogP contribution < -0.4 is 10.6 Å². The van der Waals surface area contributed by atoms with Gasteiger partial charge in [-0.2, -0.15) is 4.98 Å². The lowest BCUT2D eigenvalue weighted by atomic mass is 9.96. The summed E-state index contributed by atoms with van der Waals surface area (Å²) >= 11 is 0. The summed E-state index contributed by atoms with van der Waals surface area (Å²) in [5, 5.41) is 16.4. The van der Waals surface area contributed by atoms with E-state index in [4.69, 9.17) is 4.99 Å². The number of aliphatic imine (C=N–C) groups is 1. The number of hydrogen-bond acceptors (Lipinski definition) is 8. The highest BCUT2D eigenvalue weighted by molar-refractivity contribution is 5.89. The maximum absolute atomic E-state index is 9.79. The van der Waals surface area contributed by atoms with Crippen molar-refractivity contribution < 1.29 is 5.11 Å². The molecule has 3 rings (SSSR count). The first kappa shape index (κ1) is 22.1. The van der Waals surface area contributed by atoms with Gasteiger partial charge in [0.1, 0.15) is 12.1 Å². The Kier molecular flexibility index (Phi) is 8.50. The van der Waals surface area contributed by atoms with Crippen LogP contribution in [-0.2, 0) is 0 Å². The van der Waals surface area contributed by atoms with E-state index in [1.807, 2.05) is 6.07 Å². The SMILES string of the molecule is CCCCNc1cc(-c2cnc(NCCCC)nc2N=C2CCC(O)CC2)ncn1. The highest BCUT2D eigenvalue weighted by Gasteiger charge is 2.17. The van der Waals surface area contributed by atoms with Gasteiger partial charge < -0.3 is 15.7 Å². The van der Waals surface area contributed by atoms with Crippen molar-refractivity contribution in [1.29, 1.82) is 0 Å². The number of aliphatic hydroxyl groups excluding tert-OH is 1. The van der Waals surface area contributed by atoms with E-state index in [2.05, 4.69) is 44.4 Å². The summed E-state index contributed by atoms with van der Waals surface area (Å²) in [6.45, 7) is 6.02. The average molecular weight is 412 g/mol. The van der Waals surface area contributed by atoms with E-state index in [9.17, 15) is 5.11 Å². The molecule has 2 heterocycles. The molecule has 3 N–H and O–H groups in total. The summed E-state index contributed by atoms with van der Waals surface area (Å²) in [7, 11) is 0. The van der Waals surface area contributed by atoms with Crippen LogP contribution >= 0.6 is 0 Å². The van der Waals surface area contributed by atoms with E-state index in [1.54, 1.807) is 12.5 Å². The molecule has 0 bridgehead atoms. The monoisotopic (exact) mass is 411 g/mol. The molecule has 0 aliphatic heterocycles. The number of nitrogens with zero attached hydrogens (tertiary/aromatic N) is 5. The molecule has 0 amide bonds. The molecular formula is C22H33N7O. The van der Waals surface area contributed by atoms with E-state index in [-0.39, 0.29) is 6.10 Å². The van der Waals surface area contributed by atoms with Crippen LogP contribution in [0.3, 0.4) is 0 Å². The van der Waals surface area contributed by atoms with E-state index >= 15 is 0 Å². The van der Waals surface area contributed by atoms with Crippen LogP contribution in [0.15, 0.2) is 23.6 Å². The normalized spacial score (nSPS) is 16.4. The molecule has 2 aromatic rings. The van der Waals surface area contributed by atoms with Crippen molar-refractivity contribution in [1.82, 2.24) is 19.9 Å². The predicted molar refractivity (Wildman–Crippen MR) is 121 cm³/mol. The second kappa shape index (κ2) is 11.5. The van der Waals surface area contributed by atoms with Crippen LogP contribution in [0.1, 0.15) is 65.2 Å². The molecule has 162 valence electrons. The van der Waals surface area contributed by atoms with Gasteiger partial charge in [0.25, 0.3) is 0 Å². The van der Waals surface area contributed by atoms with Gasteiger partial charge in [-0.15, -0.1) is 0 Å².